The lowest BCUT2D eigenvalue weighted by atomic mass is 10.1. The summed E-state index contributed by atoms with van der Waals surface area (Å²) in [6, 6.07) is 11.3. The molecule has 4 rings (SSSR count). The van der Waals surface area contributed by atoms with Crippen LogP contribution in [0.4, 0.5) is 11.5 Å². The van der Waals surface area contributed by atoms with E-state index in [1.54, 1.807) is 25.4 Å². The van der Waals surface area contributed by atoms with E-state index in [1.807, 2.05) is 24.3 Å². The Kier molecular flexibility index (Phi) is 5.17. The molecule has 0 spiro atoms. The van der Waals surface area contributed by atoms with Crippen LogP contribution in [0.2, 0.25) is 10.0 Å². The van der Waals surface area contributed by atoms with Crippen LogP contribution in [0.25, 0.3) is 11.1 Å². The minimum Gasteiger partial charge on any atom is -0.497 e. The van der Waals surface area contributed by atoms with Crippen molar-refractivity contribution in [3.8, 4) is 16.9 Å². The van der Waals surface area contributed by atoms with E-state index in [0.29, 0.717) is 27.1 Å². The van der Waals surface area contributed by atoms with Crippen molar-refractivity contribution in [1.29, 1.82) is 0 Å². The number of carbonyl (C=O) groups excluding carboxylic acids is 2. The van der Waals surface area contributed by atoms with Gasteiger partial charge in [-0.1, -0.05) is 35.3 Å². The predicted octanol–water partition coefficient (Wildman–Crippen LogP) is 4.39. The standard InChI is InChI=1S/C20H16Cl2N4O3/c1-29-13-5-2-11(3-6-13)14-10-23-26-17(9-18(27)25-19(14)26)20(28)24-16-7-4-12(21)8-15(16)22/h2-8,10,17H,9H2,1H3,(H,24,28)(H,25,27)/t17-/m1/s1. The molecule has 1 aliphatic rings. The molecule has 1 aromatic heterocycles. The lowest BCUT2D eigenvalue weighted by Crippen LogP contribution is -2.35. The van der Waals surface area contributed by atoms with Gasteiger partial charge in [0, 0.05) is 10.6 Å². The second-order valence-electron chi connectivity index (χ2n) is 6.46. The first-order chi connectivity index (χ1) is 14.0. The van der Waals surface area contributed by atoms with Gasteiger partial charge in [0.15, 0.2) is 0 Å². The highest BCUT2D eigenvalue weighted by atomic mass is 35.5. The molecule has 7 nitrogen and oxygen atoms in total. The average molecular weight is 431 g/mol. The number of fused-ring (bicyclic) bond motifs is 1. The maximum Gasteiger partial charge on any atom is 0.249 e. The van der Waals surface area contributed by atoms with Gasteiger partial charge in [-0.15, -0.1) is 0 Å². The minimum absolute atomic E-state index is 0.0340. The largest absolute Gasteiger partial charge is 0.497 e. The monoisotopic (exact) mass is 430 g/mol. The number of carbonyl (C=O) groups is 2. The van der Waals surface area contributed by atoms with Crippen molar-refractivity contribution in [2.45, 2.75) is 12.5 Å². The van der Waals surface area contributed by atoms with Crippen LogP contribution in [0.5, 0.6) is 5.75 Å². The maximum absolute atomic E-state index is 12.9. The molecule has 0 fully saturated rings. The Hall–Kier alpha value is -3.03. The van der Waals surface area contributed by atoms with Crippen LogP contribution in [-0.2, 0) is 9.59 Å². The van der Waals surface area contributed by atoms with E-state index in [0.717, 1.165) is 11.3 Å². The van der Waals surface area contributed by atoms with Crippen molar-refractivity contribution in [2.24, 2.45) is 0 Å². The van der Waals surface area contributed by atoms with Crippen LogP contribution in [-0.4, -0.2) is 28.7 Å². The highest BCUT2D eigenvalue weighted by Gasteiger charge is 2.33. The van der Waals surface area contributed by atoms with Crippen LogP contribution in [0.1, 0.15) is 12.5 Å². The molecule has 148 valence electrons. The molecule has 2 aromatic carbocycles. The molecule has 0 bridgehead atoms. The molecule has 0 saturated carbocycles. The van der Waals surface area contributed by atoms with Crippen LogP contribution in [0.15, 0.2) is 48.7 Å². The van der Waals surface area contributed by atoms with Gasteiger partial charge in [0.05, 0.1) is 30.4 Å². The Labute approximate surface area is 176 Å². The molecule has 2 amide bonds. The van der Waals surface area contributed by atoms with Crippen molar-refractivity contribution in [3.05, 3.63) is 58.7 Å². The van der Waals surface area contributed by atoms with Crippen LogP contribution >= 0.6 is 23.2 Å². The summed E-state index contributed by atoms with van der Waals surface area (Å²) in [4.78, 5) is 25.2. The number of hydrogen-bond acceptors (Lipinski definition) is 4. The molecular formula is C20H16Cl2N4O3. The van der Waals surface area contributed by atoms with Gasteiger partial charge >= 0.3 is 0 Å². The normalized spacial score (nSPS) is 15.4. The van der Waals surface area contributed by atoms with Gasteiger partial charge in [-0.3, -0.25) is 9.59 Å². The number of aromatic nitrogens is 2. The molecular weight excluding hydrogens is 415 g/mol. The number of amides is 2. The SMILES string of the molecule is COc1ccc(-c2cnn3c2NC(=O)C[C@@H]3C(=O)Nc2ccc(Cl)cc2Cl)cc1. The Balaban J connectivity index is 1.65. The second-order valence-corrected chi connectivity index (χ2v) is 7.31. The van der Waals surface area contributed by atoms with Crippen LogP contribution in [0.3, 0.4) is 0 Å². The zero-order valence-electron chi connectivity index (χ0n) is 15.3. The fourth-order valence-electron chi connectivity index (χ4n) is 3.16. The van der Waals surface area contributed by atoms with Gasteiger partial charge in [-0.25, -0.2) is 4.68 Å². The van der Waals surface area contributed by atoms with Crippen molar-refractivity contribution in [2.75, 3.05) is 17.7 Å². The zero-order valence-corrected chi connectivity index (χ0v) is 16.8. The van der Waals surface area contributed by atoms with Crippen molar-refractivity contribution in [1.82, 2.24) is 9.78 Å². The van der Waals surface area contributed by atoms with E-state index < -0.39 is 11.9 Å². The summed E-state index contributed by atoms with van der Waals surface area (Å²) in [5.74, 6) is 0.523. The number of nitrogens with zero attached hydrogens (tertiary/aromatic N) is 2. The third-order valence-corrected chi connectivity index (χ3v) is 5.17. The first kappa shape index (κ1) is 19.3. The van der Waals surface area contributed by atoms with E-state index in [4.69, 9.17) is 27.9 Å². The first-order valence-corrected chi connectivity index (χ1v) is 9.49. The molecule has 1 atom stereocenters. The number of rotatable bonds is 4. The summed E-state index contributed by atoms with van der Waals surface area (Å²) in [7, 11) is 1.59. The summed E-state index contributed by atoms with van der Waals surface area (Å²) in [6.07, 6.45) is 1.59. The van der Waals surface area contributed by atoms with Crippen LogP contribution in [0, 0.1) is 0 Å². The molecule has 1 aliphatic heterocycles. The van der Waals surface area contributed by atoms with Gasteiger partial charge in [0.1, 0.15) is 17.6 Å². The smallest absolute Gasteiger partial charge is 0.249 e. The van der Waals surface area contributed by atoms with E-state index in [1.165, 1.54) is 10.7 Å². The molecule has 3 aromatic rings. The minimum atomic E-state index is -0.808. The fraction of sp³-hybridized carbons (Fsp3) is 0.150. The topological polar surface area (TPSA) is 85.2 Å². The fourth-order valence-corrected chi connectivity index (χ4v) is 3.62. The van der Waals surface area contributed by atoms with E-state index >= 15 is 0 Å². The van der Waals surface area contributed by atoms with Crippen molar-refractivity contribution < 1.29 is 14.3 Å². The Morgan fingerprint density at radius 1 is 1.24 bits per heavy atom. The number of anilines is 2. The number of nitrogens with one attached hydrogen (secondary N) is 2. The second kappa shape index (κ2) is 7.77. The zero-order chi connectivity index (χ0) is 20.5. The van der Waals surface area contributed by atoms with E-state index in [2.05, 4.69) is 15.7 Å². The molecule has 0 saturated heterocycles. The average Bonchev–Trinajstić information content (AvgIpc) is 3.13. The molecule has 0 radical (unpaired) electrons. The van der Waals surface area contributed by atoms with Gasteiger partial charge in [-0.2, -0.15) is 5.10 Å². The van der Waals surface area contributed by atoms with Crippen molar-refractivity contribution in [3.63, 3.8) is 0 Å². The number of hydrogen-bond donors (Lipinski definition) is 2. The lowest BCUT2D eigenvalue weighted by Gasteiger charge is -2.24. The Morgan fingerprint density at radius 2 is 2.00 bits per heavy atom. The summed E-state index contributed by atoms with van der Waals surface area (Å²) in [5, 5.41) is 10.7. The molecule has 2 N–H and O–H groups in total. The van der Waals surface area contributed by atoms with Gasteiger partial charge in [0.25, 0.3) is 0 Å². The number of halogens is 2. The highest BCUT2D eigenvalue weighted by molar-refractivity contribution is 6.36. The lowest BCUT2D eigenvalue weighted by molar-refractivity contribution is -0.125. The third-order valence-electron chi connectivity index (χ3n) is 4.62. The number of ether oxygens (including phenoxy) is 1. The van der Waals surface area contributed by atoms with Gasteiger partial charge < -0.3 is 15.4 Å². The molecule has 29 heavy (non-hydrogen) atoms. The number of methoxy groups -OCH3 is 1. The number of benzene rings is 2. The van der Waals surface area contributed by atoms with E-state index in [-0.39, 0.29) is 12.3 Å². The van der Waals surface area contributed by atoms with Gasteiger partial charge in [-0.05, 0) is 35.9 Å². The quantitative estimate of drug-likeness (QED) is 0.642. The van der Waals surface area contributed by atoms with Crippen molar-refractivity contribution >= 4 is 46.5 Å². The summed E-state index contributed by atoms with van der Waals surface area (Å²) in [5.41, 5.74) is 1.97. The Morgan fingerprint density at radius 3 is 2.69 bits per heavy atom. The van der Waals surface area contributed by atoms with Gasteiger partial charge in [0.2, 0.25) is 11.8 Å². The molecule has 9 heteroatoms. The third kappa shape index (κ3) is 3.79. The Bertz CT molecular complexity index is 1100. The maximum atomic E-state index is 12.9. The summed E-state index contributed by atoms with van der Waals surface area (Å²) < 4.78 is 6.69. The van der Waals surface area contributed by atoms with E-state index in [9.17, 15) is 9.59 Å². The first-order valence-electron chi connectivity index (χ1n) is 8.74. The molecule has 0 unspecified atom stereocenters. The molecule has 0 aliphatic carbocycles. The predicted molar refractivity (Wildman–Crippen MR) is 112 cm³/mol. The molecule has 2 heterocycles. The summed E-state index contributed by atoms with van der Waals surface area (Å²) >= 11 is 12.0. The van der Waals surface area contributed by atoms with Crippen LogP contribution < -0.4 is 15.4 Å². The highest BCUT2D eigenvalue weighted by Crippen LogP contribution is 2.35. The summed E-state index contributed by atoms with van der Waals surface area (Å²) in [6.45, 7) is 0.